The highest BCUT2D eigenvalue weighted by atomic mass is 32.1. The number of rotatable bonds is 9. The lowest BCUT2D eigenvalue weighted by Gasteiger charge is -2.13. The van der Waals surface area contributed by atoms with Crippen molar-refractivity contribution < 1.29 is 23.9 Å². The topological polar surface area (TPSA) is 93.7 Å². The molecule has 0 radical (unpaired) electrons. The number of nitrogens with one attached hydrogen (secondary N) is 2. The van der Waals surface area contributed by atoms with Crippen molar-refractivity contribution in [3.8, 4) is 5.75 Å². The van der Waals surface area contributed by atoms with Crippen molar-refractivity contribution in [3.63, 3.8) is 0 Å². The standard InChI is InChI=1S/C23H28N2O5S/c1-3-29-14-8-13-24-22(28)20-17-10-5-7-12-19(17)31-23(20)25-21(27)16-9-4-6-11-18(16)30-15(2)26/h4,6,9,11H,3,5,7-8,10,12-14H2,1-2H3,(H,24,28)(H,25,27). The summed E-state index contributed by atoms with van der Waals surface area (Å²) in [5.74, 6) is -0.907. The minimum absolute atomic E-state index is 0.181. The van der Waals surface area contributed by atoms with Crippen LogP contribution in [-0.2, 0) is 22.4 Å². The second-order valence-electron chi connectivity index (χ2n) is 7.27. The van der Waals surface area contributed by atoms with E-state index >= 15 is 0 Å². The maximum absolute atomic E-state index is 13.0. The van der Waals surface area contributed by atoms with E-state index in [1.54, 1.807) is 24.3 Å². The molecular formula is C23H28N2O5S. The van der Waals surface area contributed by atoms with Crippen LogP contribution in [0.4, 0.5) is 5.00 Å². The van der Waals surface area contributed by atoms with Gasteiger partial charge in [0.15, 0.2) is 0 Å². The van der Waals surface area contributed by atoms with Gasteiger partial charge in [0.05, 0.1) is 11.1 Å². The first-order valence-electron chi connectivity index (χ1n) is 10.6. The summed E-state index contributed by atoms with van der Waals surface area (Å²) in [6.45, 7) is 4.97. The van der Waals surface area contributed by atoms with Crippen LogP contribution in [0.2, 0.25) is 0 Å². The van der Waals surface area contributed by atoms with Gasteiger partial charge in [0.2, 0.25) is 0 Å². The quantitative estimate of drug-likeness (QED) is 0.347. The molecule has 7 nitrogen and oxygen atoms in total. The van der Waals surface area contributed by atoms with Crippen molar-refractivity contribution in [3.05, 3.63) is 45.8 Å². The molecule has 1 aliphatic carbocycles. The molecule has 2 aromatic rings. The van der Waals surface area contributed by atoms with Gasteiger partial charge in [-0.3, -0.25) is 14.4 Å². The molecule has 0 aliphatic heterocycles. The number of hydrogen-bond donors (Lipinski definition) is 2. The third-order valence-electron chi connectivity index (χ3n) is 4.97. The van der Waals surface area contributed by atoms with Gasteiger partial charge in [-0.2, -0.15) is 0 Å². The fraction of sp³-hybridized carbons (Fsp3) is 0.435. The zero-order valence-electron chi connectivity index (χ0n) is 17.9. The molecule has 1 heterocycles. The molecule has 1 aromatic heterocycles. The van der Waals surface area contributed by atoms with Gasteiger partial charge in [-0.05, 0) is 56.7 Å². The smallest absolute Gasteiger partial charge is 0.308 e. The number of anilines is 1. The molecule has 0 atom stereocenters. The number of carbonyl (C=O) groups is 3. The number of aryl methyl sites for hydroxylation is 1. The Morgan fingerprint density at radius 1 is 1.10 bits per heavy atom. The molecule has 0 unspecified atom stereocenters. The minimum Gasteiger partial charge on any atom is -0.426 e. The number of ether oxygens (including phenoxy) is 2. The van der Waals surface area contributed by atoms with Crippen molar-refractivity contribution >= 4 is 34.1 Å². The monoisotopic (exact) mass is 444 g/mol. The van der Waals surface area contributed by atoms with Crippen molar-refractivity contribution in [2.45, 2.75) is 46.0 Å². The molecule has 8 heteroatoms. The van der Waals surface area contributed by atoms with Crippen LogP contribution >= 0.6 is 11.3 Å². The molecule has 166 valence electrons. The van der Waals surface area contributed by atoms with Crippen LogP contribution < -0.4 is 15.4 Å². The largest absolute Gasteiger partial charge is 0.426 e. The van der Waals surface area contributed by atoms with Crippen LogP contribution in [0.3, 0.4) is 0 Å². The molecule has 31 heavy (non-hydrogen) atoms. The molecule has 1 aromatic carbocycles. The number of benzene rings is 1. The first-order chi connectivity index (χ1) is 15.0. The fourth-order valence-electron chi connectivity index (χ4n) is 3.57. The normalized spacial score (nSPS) is 12.7. The van der Waals surface area contributed by atoms with E-state index in [-0.39, 0.29) is 17.2 Å². The van der Waals surface area contributed by atoms with E-state index in [0.717, 1.165) is 42.5 Å². The lowest BCUT2D eigenvalue weighted by atomic mass is 9.95. The van der Waals surface area contributed by atoms with Crippen LogP contribution in [0.5, 0.6) is 5.75 Å². The Kier molecular flexibility index (Phi) is 8.20. The van der Waals surface area contributed by atoms with Crippen molar-refractivity contribution in [2.24, 2.45) is 0 Å². The summed E-state index contributed by atoms with van der Waals surface area (Å²) < 4.78 is 10.5. The second kappa shape index (κ2) is 11.1. The van der Waals surface area contributed by atoms with Crippen molar-refractivity contribution in [1.82, 2.24) is 5.32 Å². The van der Waals surface area contributed by atoms with Gasteiger partial charge in [-0.1, -0.05) is 12.1 Å². The highest BCUT2D eigenvalue weighted by molar-refractivity contribution is 7.17. The summed E-state index contributed by atoms with van der Waals surface area (Å²) in [6, 6.07) is 6.56. The molecule has 1 aliphatic rings. The first kappa shape index (κ1) is 23.0. The highest BCUT2D eigenvalue weighted by Crippen LogP contribution is 2.38. The highest BCUT2D eigenvalue weighted by Gasteiger charge is 2.27. The molecule has 3 rings (SSSR count). The van der Waals surface area contributed by atoms with Gasteiger partial charge in [0, 0.05) is 31.6 Å². The van der Waals surface area contributed by atoms with Gasteiger partial charge in [-0.15, -0.1) is 11.3 Å². The first-order valence-corrected chi connectivity index (χ1v) is 11.4. The summed E-state index contributed by atoms with van der Waals surface area (Å²) >= 11 is 1.46. The van der Waals surface area contributed by atoms with Gasteiger partial charge >= 0.3 is 5.97 Å². The summed E-state index contributed by atoms with van der Waals surface area (Å²) in [5.41, 5.74) is 1.82. The summed E-state index contributed by atoms with van der Waals surface area (Å²) in [4.78, 5) is 38.5. The Morgan fingerprint density at radius 2 is 1.87 bits per heavy atom. The Labute approximate surface area is 186 Å². The van der Waals surface area contributed by atoms with Crippen molar-refractivity contribution in [2.75, 3.05) is 25.1 Å². The predicted molar refractivity (Wildman–Crippen MR) is 120 cm³/mol. The Bertz CT molecular complexity index is 953. The lowest BCUT2D eigenvalue weighted by molar-refractivity contribution is -0.131. The number of esters is 1. The Hall–Kier alpha value is -2.71. The molecule has 0 saturated carbocycles. The minimum atomic E-state index is -0.501. The molecule has 0 spiro atoms. The van der Waals surface area contributed by atoms with Gasteiger partial charge in [-0.25, -0.2) is 0 Å². The molecule has 0 saturated heterocycles. The number of carbonyl (C=O) groups excluding carboxylic acids is 3. The molecule has 0 fully saturated rings. The van der Waals surface area contributed by atoms with E-state index < -0.39 is 11.9 Å². The van der Waals surface area contributed by atoms with E-state index in [0.29, 0.717) is 30.3 Å². The number of thiophene rings is 1. The SMILES string of the molecule is CCOCCCNC(=O)c1c(NC(=O)c2ccccc2OC(C)=O)sc2c1CCCC2. The zero-order chi connectivity index (χ0) is 22.2. The number of hydrogen-bond acceptors (Lipinski definition) is 6. The van der Waals surface area contributed by atoms with Crippen LogP contribution in [0.1, 0.15) is 64.3 Å². The van der Waals surface area contributed by atoms with Gasteiger partial charge < -0.3 is 20.1 Å². The molecule has 0 bridgehead atoms. The van der Waals surface area contributed by atoms with Crippen molar-refractivity contribution in [1.29, 1.82) is 0 Å². The van der Waals surface area contributed by atoms with Gasteiger partial charge in [0.25, 0.3) is 11.8 Å². The number of fused-ring (bicyclic) bond motifs is 1. The average Bonchev–Trinajstić information content (AvgIpc) is 3.11. The average molecular weight is 445 g/mol. The maximum atomic E-state index is 13.0. The third-order valence-corrected chi connectivity index (χ3v) is 6.17. The van der Waals surface area contributed by atoms with E-state index in [2.05, 4.69) is 10.6 Å². The summed E-state index contributed by atoms with van der Waals surface area (Å²) in [5, 5.41) is 6.38. The van der Waals surface area contributed by atoms with E-state index in [1.165, 1.54) is 18.3 Å². The second-order valence-corrected chi connectivity index (χ2v) is 8.37. The van der Waals surface area contributed by atoms with E-state index in [9.17, 15) is 14.4 Å². The third kappa shape index (κ3) is 5.92. The summed E-state index contributed by atoms with van der Waals surface area (Å²) in [6.07, 6.45) is 4.56. The van der Waals surface area contributed by atoms with Crippen LogP contribution in [0.15, 0.2) is 24.3 Å². The Morgan fingerprint density at radius 3 is 2.65 bits per heavy atom. The number of amides is 2. The zero-order valence-corrected chi connectivity index (χ0v) is 18.7. The maximum Gasteiger partial charge on any atom is 0.308 e. The predicted octanol–water partition coefficient (Wildman–Crippen LogP) is 3.96. The van der Waals surface area contributed by atoms with E-state index in [4.69, 9.17) is 9.47 Å². The molecule has 2 N–H and O–H groups in total. The van der Waals surface area contributed by atoms with Gasteiger partial charge in [0.1, 0.15) is 10.8 Å². The lowest BCUT2D eigenvalue weighted by Crippen LogP contribution is -2.27. The summed E-state index contributed by atoms with van der Waals surface area (Å²) in [7, 11) is 0. The number of para-hydroxylation sites is 1. The van der Waals surface area contributed by atoms with E-state index in [1.807, 2.05) is 6.92 Å². The van der Waals surface area contributed by atoms with Crippen LogP contribution in [0.25, 0.3) is 0 Å². The van der Waals surface area contributed by atoms with Crippen LogP contribution in [-0.4, -0.2) is 37.5 Å². The fourth-order valence-corrected chi connectivity index (χ4v) is 4.85. The molecular weight excluding hydrogens is 416 g/mol. The Balaban J connectivity index is 1.81. The van der Waals surface area contributed by atoms with Crippen LogP contribution in [0, 0.1) is 0 Å². The molecule has 2 amide bonds.